The molecular weight excluding hydrogens is 516 g/mol. The molecule has 3 aliphatic carbocycles. The van der Waals surface area contributed by atoms with Crippen LogP contribution >= 0.6 is 0 Å². The number of ether oxygens (including phenoxy) is 3. The van der Waals surface area contributed by atoms with Crippen molar-refractivity contribution in [2.24, 2.45) is 16.2 Å². The van der Waals surface area contributed by atoms with Gasteiger partial charge in [0.1, 0.15) is 29.4 Å². The molecule has 7 heteroatoms. The lowest BCUT2D eigenvalue weighted by molar-refractivity contribution is -0.164. The van der Waals surface area contributed by atoms with Gasteiger partial charge in [-0.3, -0.25) is 4.79 Å². The first-order chi connectivity index (χ1) is 19.5. The molecule has 3 aliphatic rings. The van der Waals surface area contributed by atoms with Gasteiger partial charge in [0.2, 0.25) is 0 Å². The quantitative estimate of drug-likeness (QED) is 0.405. The van der Waals surface area contributed by atoms with E-state index in [-0.39, 0.29) is 41.1 Å². The van der Waals surface area contributed by atoms with Gasteiger partial charge in [-0.05, 0) is 93.2 Å². The predicted molar refractivity (Wildman–Crippen MR) is 157 cm³/mol. The van der Waals surface area contributed by atoms with Crippen molar-refractivity contribution in [2.75, 3.05) is 7.11 Å². The van der Waals surface area contributed by atoms with Crippen molar-refractivity contribution in [3.05, 3.63) is 53.6 Å². The van der Waals surface area contributed by atoms with Crippen molar-refractivity contribution in [1.82, 2.24) is 5.32 Å². The molecule has 1 amide bonds. The predicted octanol–water partition coefficient (Wildman–Crippen LogP) is 6.42. The van der Waals surface area contributed by atoms with E-state index in [2.05, 4.69) is 39.1 Å². The van der Waals surface area contributed by atoms with Crippen LogP contribution in [0.15, 0.2) is 42.5 Å². The van der Waals surface area contributed by atoms with E-state index in [1.54, 1.807) is 18.2 Å². The molecule has 7 nitrogen and oxygen atoms in total. The van der Waals surface area contributed by atoms with Crippen molar-refractivity contribution in [3.8, 4) is 23.3 Å². The minimum Gasteiger partial charge on any atom is -0.495 e. The van der Waals surface area contributed by atoms with Crippen LogP contribution in [0.4, 0.5) is 0 Å². The summed E-state index contributed by atoms with van der Waals surface area (Å²) in [5, 5.41) is 22.4. The maximum absolute atomic E-state index is 13.3. The second-order valence-electron chi connectivity index (χ2n) is 13.6. The minimum atomic E-state index is -0.321. The highest BCUT2D eigenvalue weighted by Gasteiger charge is 2.64. The summed E-state index contributed by atoms with van der Waals surface area (Å²) < 4.78 is 18.0. The molecule has 0 atom stereocenters. The normalized spacial score (nSPS) is 30.0. The molecule has 0 aliphatic heterocycles. The van der Waals surface area contributed by atoms with Gasteiger partial charge < -0.3 is 24.6 Å². The van der Waals surface area contributed by atoms with E-state index in [0.717, 1.165) is 44.3 Å². The first-order valence-corrected chi connectivity index (χ1v) is 15.0. The number of carbonyl (C=O) groups is 1. The SMILES string of the molecule is COc1cc(OC2C(C)(C)C(NC(=O)c3ccc(OC4CCC5(CCC(O)CC5)CC4)cc3)C2(C)C)ccc1C#N. The standard InChI is InChI=1S/C34H44N2O5/c1-32(2)30(33(3,4)31(32)41-27-11-8-23(21-35)28(20-27)39-5)36-29(38)22-6-9-25(10-7-22)40-26-14-18-34(19-15-26)16-12-24(37)13-17-34/h6-11,20,24,26,30-31,37H,12-19H2,1-5H3,(H,36,38). The van der Waals surface area contributed by atoms with Gasteiger partial charge in [-0.25, -0.2) is 0 Å². The molecule has 5 rings (SSSR count). The third kappa shape index (κ3) is 5.77. The summed E-state index contributed by atoms with van der Waals surface area (Å²) in [7, 11) is 1.54. The van der Waals surface area contributed by atoms with Crippen LogP contribution in [-0.2, 0) is 0 Å². The number of aliphatic hydroxyl groups excluding tert-OH is 1. The van der Waals surface area contributed by atoms with E-state index in [0.29, 0.717) is 28.0 Å². The molecule has 0 aromatic heterocycles. The number of benzene rings is 2. The monoisotopic (exact) mass is 560 g/mol. The fraction of sp³-hybridized carbons (Fsp3) is 0.588. The Bertz CT molecular complexity index is 1260. The third-order valence-electron chi connectivity index (χ3n) is 10.1. The van der Waals surface area contributed by atoms with E-state index >= 15 is 0 Å². The second kappa shape index (κ2) is 11.2. The van der Waals surface area contributed by atoms with Crippen LogP contribution in [0.5, 0.6) is 17.2 Å². The molecule has 0 heterocycles. The number of nitrogens with one attached hydrogen (secondary N) is 1. The Kier molecular flexibility index (Phi) is 8.00. The molecule has 3 saturated carbocycles. The minimum absolute atomic E-state index is 0.0980. The van der Waals surface area contributed by atoms with Gasteiger partial charge in [0, 0.05) is 28.5 Å². The number of nitrogens with zero attached hydrogens (tertiary/aromatic N) is 1. The highest BCUT2D eigenvalue weighted by Crippen LogP contribution is 2.55. The van der Waals surface area contributed by atoms with E-state index in [1.165, 1.54) is 20.0 Å². The number of methoxy groups -OCH3 is 1. The highest BCUT2D eigenvalue weighted by molar-refractivity contribution is 5.94. The number of hydrogen-bond donors (Lipinski definition) is 2. The molecule has 0 saturated heterocycles. The summed E-state index contributed by atoms with van der Waals surface area (Å²) in [4.78, 5) is 13.3. The molecule has 1 spiro atoms. The summed E-state index contributed by atoms with van der Waals surface area (Å²) in [6.45, 7) is 8.43. The smallest absolute Gasteiger partial charge is 0.251 e. The zero-order valence-electron chi connectivity index (χ0n) is 25.0. The Morgan fingerprint density at radius 1 is 0.902 bits per heavy atom. The number of carbonyl (C=O) groups excluding carboxylic acids is 1. The number of amides is 1. The Morgan fingerprint density at radius 3 is 2.07 bits per heavy atom. The van der Waals surface area contributed by atoms with Crippen molar-refractivity contribution >= 4 is 5.91 Å². The van der Waals surface area contributed by atoms with Crippen molar-refractivity contribution < 1.29 is 24.1 Å². The number of nitriles is 1. The Labute approximate surface area is 244 Å². The van der Waals surface area contributed by atoms with E-state index in [4.69, 9.17) is 14.2 Å². The van der Waals surface area contributed by atoms with Crippen molar-refractivity contribution in [1.29, 1.82) is 5.26 Å². The first-order valence-electron chi connectivity index (χ1n) is 15.0. The lowest BCUT2D eigenvalue weighted by Gasteiger charge is -2.63. The maximum atomic E-state index is 13.3. The average Bonchev–Trinajstić information content (AvgIpc) is 2.97. The Hall–Kier alpha value is -3.24. The van der Waals surface area contributed by atoms with Crippen LogP contribution in [0.1, 0.15) is 95.0 Å². The molecule has 2 aromatic carbocycles. The van der Waals surface area contributed by atoms with Gasteiger partial charge in [0.15, 0.2) is 0 Å². The molecule has 2 aromatic rings. The van der Waals surface area contributed by atoms with Crippen LogP contribution in [0.2, 0.25) is 0 Å². The number of aliphatic hydroxyl groups is 1. The van der Waals surface area contributed by atoms with E-state index in [1.807, 2.05) is 24.3 Å². The zero-order valence-corrected chi connectivity index (χ0v) is 25.0. The molecule has 3 fully saturated rings. The van der Waals surface area contributed by atoms with Gasteiger partial charge >= 0.3 is 0 Å². The molecule has 220 valence electrons. The largest absolute Gasteiger partial charge is 0.495 e. The molecule has 0 radical (unpaired) electrons. The van der Waals surface area contributed by atoms with Crippen molar-refractivity contribution in [2.45, 2.75) is 103 Å². The molecule has 41 heavy (non-hydrogen) atoms. The Morgan fingerprint density at radius 2 is 1.49 bits per heavy atom. The molecular formula is C34H44N2O5. The van der Waals surface area contributed by atoms with Crippen molar-refractivity contribution in [3.63, 3.8) is 0 Å². The van der Waals surface area contributed by atoms with Crippen LogP contribution in [0.25, 0.3) is 0 Å². The number of hydrogen-bond acceptors (Lipinski definition) is 6. The summed E-state index contributed by atoms with van der Waals surface area (Å²) in [6.07, 6.45) is 8.51. The van der Waals surface area contributed by atoms with Crippen LogP contribution in [0, 0.1) is 27.6 Å². The van der Waals surface area contributed by atoms with Gasteiger partial charge in [-0.2, -0.15) is 5.26 Å². The Balaban J connectivity index is 1.16. The first kappa shape index (κ1) is 29.3. The molecule has 2 N–H and O–H groups in total. The summed E-state index contributed by atoms with van der Waals surface area (Å²) >= 11 is 0. The van der Waals surface area contributed by atoms with Gasteiger partial charge in [0.25, 0.3) is 5.91 Å². The summed E-state index contributed by atoms with van der Waals surface area (Å²) in [5.74, 6) is 1.81. The fourth-order valence-corrected chi connectivity index (χ4v) is 7.90. The highest BCUT2D eigenvalue weighted by atomic mass is 16.5. The lowest BCUT2D eigenvalue weighted by atomic mass is 9.49. The van der Waals surface area contributed by atoms with Gasteiger partial charge in [0.05, 0.1) is 24.9 Å². The van der Waals surface area contributed by atoms with Gasteiger partial charge in [-0.1, -0.05) is 27.7 Å². The molecule has 0 unspecified atom stereocenters. The van der Waals surface area contributed by atoms with Crippen LogP contribution in [-0.4, -0.2) is 42.5 Å². The summed E-state index contributed by atoms with van der Waals surface area (Å²) in [5.41, 5.74) is 0.828. The summed E-state index contributed by atoms with van der Waals surface area (Å²) in [6, 6.07) is 14.7. The average molecular weight is 561 g/mol. The fourth-order valence-electron chi connectivity index (χ4n) is 7.90. The second-order valence-corrected chi connectivity index (χ2v) is 13.6. The van der Waals surface area contributed by atoms with E-state index < -0.39 is 0 Å². The van der Waals surface area contributed by atoms with Crippen LogP contribution < -0.4 is 19.5 Å². The topological polar surface area (TPSA) is 101 Å². The van der Waals surface area contributed by atoms with Crippen LogP contribution in [0.3, 0.4) is 0 Å². The maximum Gasteiger partial charge on any atom is 0.251 e. The number of rotatable bonds is 7. The lowest BCUT2D eigenvalue weighted by Crippen LogP contribution is -2.74. The zero-order chi connectivity index (χ0) is 29.4. The van der Waals surface area contributed by atoms with E-state index in [9.17, 15) is 15.2 Å². The van der Waals surface area contributed by atoms with Gasteiger partial charge in [-0.15, -0.1) is 0 Å². The molecule has 0 bridgehead atoms. The third-order valence-corrected chi connectivity index (χ3v) is 10.1.